The Balaban J connectivity index is 1.53. The lowest BCUT2D eigenvalue weighted by Crippen LogP contribution is -2.59. The number of aryl methyl sites for hydroxylation is 1. The summed E-state index contributed by atoms with van der Waals surface area (Å²) in [6, 6.07) is 10.4. The summed E-state index contributed by atoms with van der Waals surface area (Å²) in [7, 11) is 0. The highest BCUT2D eigenvalue weighted by molar-refractivity contribution is 5.17. The molecule has 0 radical (unpaired) electrons. The third-order valence-corrected chi connectivity index (χ3v) is 5.94. The summed E-state index contributed by atoms with van der Waals surface area (Å²) in [5, 5.41) is 15.6. The zero-order valence-corrected chi connectivity index (χ0v) is 15.6. The number of hydrogen-bond acceptors (Lipinski definition) is 4. The number of benzene rings is 1. The summed E-state index contributed by atoms with van der Waals surface area (Å²) in [5.41, 5.74) is 0.621. The Morgan fingerprint density at radius 3 is 2.67 bits per heavy atom. The number of hydrogen-bond donors (Lipinski definition) is 1. The molecule has 2 aliphatic heterocycles. The van der Waals surface area contributed by atoms with E-state index >= 15 is 0 Å². The first-order valence-corrected chi connectivity index (χ1v) is 9.69. The molecule has 2 aliphatic rings. The van der Waals surface area contributed by atoms with Crippen LogP contribution in [0.25, 0.3) is 0 Å². The first kappa shape index (κ1) is 18.3. The minimum atomic E-state index is -0.932. The molecule has 0 aliphatic carbocycles. The summed E-state index contributed by atoms with van der Waals surface area (Å²) in [4.78, 5) is 14.5. The Morgan fingerprint density at radius 1 is 1.22 bits per heavy atom. The van der Waals surface area contributed by atoms with Gasteiger partial charge in [0.25, 0.3) is 5.56 Å². The van der Waals surface area contributed by atoms with Crippen molar-refractivity contribution >= 4 is 0 Å². The molecule has 4 rings (SSSR count). The molecular weight excluding hydrogens is 345 g/mol. The minimum Gasteiger partial charge on any atom is -0.388 e. The Bertz CT molecular complexity index is 868. The van der Waals surface area contributed by atoms with Gasteiger partial charge in [-0.3, -0.25) is 9.69 Å². The number of fused-ring (bicyclic) bond motifs is 2. The maximum Gasteiger partial charge on any atom is 0.266 e. The van der Waals surface area contributed by atoms with E-state index in [1.165, 1.54) is 16.8 Å². The second kappa shape index (κ2) is 7.17. The lowest BCUT2D eigenvalue weighted by Gasteiger charge is -2.52. The van der Waals surface area contributed by atoms with Crippen molar-refractivity contribution in [1.29, 1.82) is 0 Å². The molecule has 3 atom stereocenters. The van der Waals surface area contributed by atoms with Crippen molar-refractivity contribution < 1.29 is 9.50 Å². The van der Waals surface area contributed by atoms with Gasteiger partial charge in [-0.15, -0.1) is 0 Å². The smallest absolute Gasteiger partial charge is 0.266 e. The molecule has 0 amide bonds. The molecule has 2 fully saturated rings. The van der Waals surface area contributed by atoms with Crippen molar-refractivity contribution in [1.82, 2.24) is 14.7 Å². The Morgan fingerprint density at radius 2 is 1.96 bits per heavy atom. The molecule has 144 valence electrons. The zero-order valence-electron chi connectivity index (χ0n) is 15.6. The van der Waals surface area contributed by atoms with Gasteiger partial charge in [0.1, 0.15) is 5.82 Å². The van der Waals surface area contributed by atoms with Crippen LogP contribution < -0.4 is 5.56 Å². The van der Waals surface area contributed by atoms with Crippen molar-refractivity contribution in [3.63, 3.8) is 0 Å². The molecule has 0 saturated carbocycles. The summed E-state index contributed by atoms with van der Waals surface area (Å²) in [6.45, 7) is 2.77. The van der Waals surface area contributed by atoms with Crippen LogP contribution in [0.2, 0.25) is 0 Å². The van der Waals surface area contributed by atoms with Gasteiger partial charge in [-0.2, -0.15) is 5.10 Å². The maximum atomic E-state index is 13.5. The summed E-state index contributed by atoms with van der Waals surface area (Å²) >= 11 is 0. The third-order valence-electron chi connectivity index (χ3n) is 5.94. The Kier molecular flexibility index (Phi) is 4.86. The normalized spacial score (nSPS) is 28.3. The lowest BCUT2D eigenvalue weighted by molar-refractivity contribution is -0.105. The highest BCUT2D eigenvalue weighted by atomic mass is 19.1. The van der Waals surface area contributed by atoms with Crippen molar-refractivity contribution in [2.24, 2.45) is 0 Å². The van der Waals surface area contributed by atoms with E-state index in [1.807, 2.05) is 13.0 Å². The van der Waals surface area contributed by atoms with E-state index in [2.05, 4.69) is 10.00 Å². The number of aromatic nitrogens is 2. The Labute approximate surface area is 158 Å². The fourth-order valence-electron chi connectivity index (χ4n) is 4.79. The van der Waals surface area contributed by atoms with E-state index in [4.69, 9.17) is 0 Å². The van der Waals surface area contributed by atoms with Crippen LogP contribution in [0.15, 0.2) is 41.2 Å². The molecule has 1 aromatic carbocycles. The van der Waals surface area contributed by atoms with Crippen molar-refractivity contribution in [3.8, 4) is 0 Å². The first-order chi connectivity index (χ1) is 12.9. The van der Waals surface area contributed by atoms with Gasteiger partial charge >= 0.3 is 0 Å². The molecule has 1 unspecified atom stereocenters. The standard InChI is InChI=1S/C21H26FN3O2/c1-15-8-9-20(26)25(23-15)14-21(27)11-18-6-3-7-19(12-21)24(18)13-16-4-2-5-17(22)10-16/h2,4-5,8-10,18-19,27H,3,6-7,11-14H2,1H3/t18-,19+,21?. The second-order valence-electron chi connectivity index (χ2n) is 8.14. The number of aliphatic hydroxyl groups is 1. The molecule has 1 N–H and O–H groups in total. The van der Waals surface area contributed by atoms with E-state index < -0.39 is 5.60 Å². The summed E-state index contributed by atoms with van der Waals surface area (Å²) in [6.07, 6.45) is 4.41. The number of halogens is 1. The highest BCUT2D eigenvalue weighted by Gasteiger charge is 2.45. The fourth-order valence-corrected chi connectivity index (χ4v) is 4.79. The predicted molar refractivity (Wildman–Crippen MR) is 101 cm³/mol. The van der Waals surface area contributed by atoms with Crippen molar-refractivity contribution in [2.45, 2.75) is 69.8 Å². The van der Waals surface area contributed by atoms with Gasteiger partial charge in [-0.1, -0.05) is 18.6 Å². The molecular formula is C21H26FN3O2. The van der Waals surface area contributed by atoms with Crippen LogP contribution in [-0.2, 0) is 13.1 Å². The number of rotatable bonds is 4. The van der Waals surface area contributed by atoms with Crippen LogP contribution in [0.3, 0.4) is 0 Å². The van der Waals surface area contributed by atoms with E-state index in [0.717, 1.165) is 30.5 Å². The SMILES string of the molecule is Cc1ccc(=O)n(CC2(O)C[C@H]3CCC[C@@H](C2)N3Cc2cccc(F)c2)n1. The molecule has 2 bridgehead atoms. The lowest BCUT2D eigenvalue weighted by atomic mass is 9.75. The predicted octanol–water partition coefficient (Wildman–Crippen LogP) is 2.64. The topological polar surface area (TPSA) is 58.4 Å². The van der Waals surface area contributed by atoms with Crippen LogP contribution in [-0.4, -0.2) is 37.5 Å². The van der Waals surface area contributed by atoms with E-state index in [0.29, 0.717) is 19.4 Å². The molecule has 5 nitrogen and oxygen atoms in total. The van der Waals surface area contributed by atoms with E-state index in [1.54, 1.807) is 18.2 Å². The van der Waals surface area contributed by atoms with Gasteiger partial charge in [0.15, 0.2) is 0 Å². The monoisotopic (exact) mass is 371 g/mol. The average molecular weight is 371 g/mol. The molecule has 0 spiro atoms. The van der Waals surface area contributed by atoms with Gasteiger partial charge < -0.3 is 5.11 Å². The van der Waals surface area contributed by atoms with Crippen molar-refractivity contribution in [3.05, 3.63) is 63.8 Å². The summed E-state index contributed by atoms with van der Waals surface area (Å²) in [5.74, 6) is -0.212. The molecule has 3 heterocycles. The fraction of sp³-hybridized carbons (Fsp3) is 0.524. The molecule has 27 heavy (non-hydrogen) atoms. The highest BCUT2D eigenvalue weighted by Crippen LogP contribution is 2.40. The largest absolute Gasteiger partial charge is 0.388 e. The van der Waals surface area contributed by atoms with E-state index in [-0.39, 0.29) is 30.0 Å². The quantitative estimate of drug-likeness (QED) is 0.898. The average Bonchev–Trinajstić information content (AvgIpc) is 2.59. The van der Waals surface area contributed by atoms with Crippen LogP contribution in [0.5, 0.6) is 0 Å². The van der Waals surface area contributed by atoms with Crippen molar-refractivity contribution in [2.75, 3.05) is 0 Å². The first-order valence-electron chi connectivity index (χ1n) is 9.69. The summed E-state index contributed by atoms with van der Waals surface area (Å²) < 4.78 is 14.9. The van der Waals surface area contributed by atoms with Gasteiger partial charge in [-0.25, -0.2) is 9.07 Å². The van der Waals surface area contributed by atoms with Crippen LogP contribution in [0.1, 0.15) is 43.4 Å². The minimum absolute atomic E-state index is 0.179. The van der Waals surface area contributed by atoms with Crippen LogP contribution in [0.4, 0.5) is 4.39 Å². The van der Waals surface area contributed by atoms with E-state index in [9.17, 15) is 14.3 Å². The number of nitrogens with zero attached hydrogens (tertiary/aromatic N) is 3. The van der Waals surface area contributed by atoms with Gasteiger partial charge in [-0.05, 0) is 56.4 Å². The number of piperidine rings is 2. The van der Waals surface area contributed by atoms with Gasteiger partial charge in [0.2, 0.25) is 0 Å². The van der Waals surface area contributed by atoms with Gasteiger partial charge in [0.05, 0.1) is 17.8 Å². The van der Waals surface area contributed by atoms with Crippen LogP contribution in [0, 0.1) is 12.7 Å². The van der Waals surface area contributed by atoms with Gasteiger partial charge in [0, 0.05) is 24.7 Å². The molecule has 2 aromatic rings. The third kappa shape index (κ3) is 3.96. The molecule has 6 heteroatoms. The Hall–Kier alpha value is -2.05. The zero-order chi connectivity index (χ0) is 19.0. The maximum absolute atomic E-state index is 13.5. The second-order valence-corrected chi connectivity index (χ2v) is 8.14. The van der Waals surface area contributed by atoms with Crippen LogP contribution >= 0.6 is 0 Å². The molecule has 2 saturated heterocycles. The molecule has 1 aromatic heterocycles.